The predicted octanol–water partition coefficient (Wildman–Crippen LogP) is 2.87. The Morgan fingerprint density at radius 2 is 1.96 bits per heavy atom. The molecule has 0 spiro atoms. The van der Waals surface area contributed by atoms with Gasteiger partial charge in [0.1, 0.15) is 11.4 Å². The molecule has 6 heteroatoms. The molecule has 6 nitrogen and oxygen atoms in total. The summed E-state index contributed by atoms with van der Waals surface area (Å²) in [5.41, 5.74) is 2.48. The Balaban J connectivity index is 1.82. The third kappa shape index (κ3) is 2.80. The van der Waals surface area contributed by atoms with Gasteiger partial charge in [-0.1, -0.05) is 12.1 Å². The Labute approximate surface area is 153 Å². The van der Waals surface area contributed by atoms with E-state index in [-0.39, 0.29) is 5.75 Å². The molecule has 0 radical (unpaired) electrons. The van der Waals surface area contributed by atoms with Crippen LogP contribution in [0.15, 0.2) is 36.5 Å². The van der Waals surface area contributed by atoms with Crippen LogP contribution in [0.5, 0.6) is 5.75 Å². The quantitative estimate of drug-likeness (QED) is 0.786. The van der Waals surface area contributed by atoms with Crippen molar-refractivity contribution in [2.45, 2.75) is 18.9 Å². The lowest BCUT2D eigenvalue weighted by molar-refractivity contribution is 0.247. The van der Waals surface area contributed by atoms with Crippen LogP contribution < -0.4 is 4.90 Å². The lowest BCUT2D eigenvalue weighted by atomic mass is 10.0. The summed E-state index contributed by atoms with van der Waals surface area (Å²) in [6.45, 7) is 2.19. The number of aromatic nitrogens is 3. The fraction of sp³-hybridized carbons (Fsp3) is 0.400. The first-order chi connectivity index (χ1) is 12.6. The molecule has 4 rings (SSSR count). The van der Waals surface area contributed by atoms with Crippen molar-refractivity contribution < 1.29 is 5.11 Å². The largest absolute Gasteiger partial charge is 0.507 e. The Kier molecular flexibility index (Phi) is 4.28. The predicted molar refractivity (Wildman–Crippen MR) is 105 cm³/mol. The maximum absolute atomic E-state index is 10.3. The van der Waals surface area contributed by atoms with Crippen molar-refractivity contribution in [1.29, 1.82) is 0 Å². The third-order valence-electron chi connectivity index (χ3n) is 5.42. The van der Waals surface area contributed by atoms with Gasteiger partial charge in [0.2, 0.25) is 0 Å². The van der Waals surface area contributed by atoms with E-state index in [9.17, 15) is 5.11 Å². The maximum Gasteiger partial charge on any atom is 0.175 e. The number of hydrogen-bond acceptors (Lipinski definition) is 5. The molecule has 136 valence electrons. The monoisotopic (exact) mass is 351 g/mol. The second-order valence-corrected chi connectivity index (χ2v) is 7.25. The number of fused-ring (bicyclic) bond motifs is 1. The number of anilines is 1. The first-order valence-corrected chi connectivity index (χ1v) is 9.07. The van der Waals surface area contributed by atoms with Crippen LogP contribution in [0.25, 0.3) is 22.2 Å². The van der Waals surface area contributed by atoms with Gasteiger partial charge in [0.25, 0.3) is 0 Å². The molecule has 1 atom stereocenters. The molecule has 0 bridgehead atoms. The Hall–Kier alpha value is -2.60. The summed E-state index contributed by atoms with van der Waals surface area (Å²) < 4.78 is 2.09. The van der Waals surface area contributed by atoms with E-state index >= 15 is 0 Å². The van der Waals surface area contributed by atoms with Gasteiger partial charge in [-0.2, -0.15) is 0 Å². The highest BCUT2D eigenvalue weighted by Crippen LogP contribution is 2.36. The van der Waals surface area contributed by atoms with Gasteiger partial charge in [-0.3, -0.25) is 0 Å². The zero-order chi connectivity index (χ0) is 18.3. The first-order valence-electron chi connectivity index (χ1n) is 9.07. The molecule has 1 aliphatic heterocycles. The lowest BCUT2D eigenvalue weighted by Gasteiger charge is -2.36. The molecule has 1 aromatic carbocycles. The molecule has 3 heterocycles. The minimum absolute atomic E-state index is 0.224. The molecule has 3 aromatic rings. The van der Waals surface area contributed by atoms with Gasteiger partial charge in [-0.15, -0.1) is 10.2 Å². The average Bonchev–Trinajstić information content (AvgIpc) is 3.03. The van der Waals surface area contributed by atoms with Crippen LogP contribution in [0.1, 0.15) is 12.8 Å². The summed E-state index contributed by atoms with van der Waals surface area (Å²) in [4.78, 5) is 4.64. The number of benzene rings is 1. The smallest absolute Gasteiger partial charge is 0.175 e. The molecule has 1 N–H and O–H groups in total. The topological polar surface area (TPSA) is 57.4 Å². The standard InChI is InChI=1S/C20H25N5O/c1-23-11-6-7-14(13-23)25(3)20-19-16(10-12-24(19)2)18(21-22-20)15-8-4-5-9-17(15)26/h4-5,8-10,12,14,26H,6-7,11,13H2,1-3H3/t14-/m1/s1. The van der Waals surface area contributed by atoms with Gasteiger partial charge in [-0.25, -0.2) is 0 Å². The van der Waals surface area contributed by atoms with Crippen molar-refractivity contribution in [3.8, 4) is 17.0 Å². The molecule has 1 saturated heterocycles. The molecule has 1 fully saturated rings. The summed E-state index contributed by atoms with van der Waals surface area (Å²) in [5.74, 6) is 1.12. The van der Waals surface area contributed by atoms with E-state index in [0.717, 1.165) is 41.9 Å². The zero-order valence-electron chi connectivity index (χ0n) is 15.6. The molecular weight excluding hydrogens is 326 g/mol. The van der Waals surface area contributed by atoms with Crippen molar-refractivity contribution in [1.82, 2.24) is 19.7 Å². The van der Waals surface area contributed by atoms with Crippen LogP contribution in [0.3, 0.4) is 0 Å². The number of piperidine rings is 1. The number of aryl methyl sites for hydroxylation is 1. The number of rotatable bonds is 3. The number of phenolic OH excluding ortho intramolecular Hbond substituents is 1. The normalized spacial score (nSPS) is 18.3. The fourth-order valence-electron chi connectivity index (χ4n) is 3.94. The molecule has 0 unspecified atom stereocenters. The summed E-state index contributed by atoms with van der Waals surface area (Å²) in [5, 5.41) is 20.4. The molecule has 0 aliphatic carbocycles. The van der Waals surface area contributed by atoms with E-state index in [1.165, 1.54) is 6.42 Å². The number of nitrogens with zero attached hydrogens (tertiary/aromatic N) is 5. The van der Waals surface area contributed by atoms with Crippen molar-refractivity contribution in [2.24, 2.45) is 7.05 Å². The van der Waals surface area contributed by atoms with E-state index in [1.54, 1.807) is 6.07 Å². The summed E-state index contributed by atoms with van der Waals surface area (Å²) in [6, 6.07) is 9.77. The van der Waals surface area contributed by atoms with E-state index in [0.29, 0.717) is 11.6 Å². The van der Waals surface area contributed by atoms with Crippen LogP contribution in [0, 0.1) is 0 Å². The number of hydrogen-bond donors (Lipinski definition) is 1. The minimum atomic E-state index is 0.224. The van der Waals surface area contributed by atoms with Gasteiger partial charge in [0, 0.05) is 43.8 Å². The number of para-hydroxylation sites is 1. The molecular formula is C20H25N5O. The Bertz CT molecular complexity index is 935. The molecule has 0 amide bonds. The van der Waals surface area contributed by atoms with Crippen LogP contribution in [0.4, 0.5) is 5.82 Å². The fourth-order valence-corrected chi connectivity index (χ4v) is 3.94. The summed E-state index contributed by atoms with van der Waals surface area (Å²) in [7, 11) is 6.31. The number of likely N-dealkylation sites (N-methyl/N-ethyl adjacent to an activating group) is 2. The van der Waals surface area contributed by atoms with Crippen LogP contribution in [-0.4, -0.2) is 58.0 Å². The SMILES string of the molecule is CN1CCC[C@@H](N(C)c2nnc(-c3ccccc3O)c3ccn(C)c23)C1. The highest BCUT2D eigenvalue weighted by Gasteiger charge is 2.25. The molecule has 26 heavy (non-hydrogen) atoms. The van der Waals surface area contributed by atoms with Crippen molar-refractivity contribution >= 4 is 16.7 Å². The van der Waals surface area contributed by atoms with Crippen molar-refractivity contribution in [2.75, 3.05) is 32.1 Å². The van der Waals surface area contributed by atoms with Crippen LogP contribution in [-0.2, 0) is 7.05 Å². The van der Waals surface area contributed by atoms with E-state index in [4.69, 9.17) is 0 Å². The zero-order valence-corrected chi connectivity index (χ0v) is 15.6. The van der Waals surface area contributed by atoms with Crippen LogP contribution >= 0.6 is 0 Å². The second kappa shape index (κ2) is 6.61. The molecule has 1 aliphatic rings. The van der Waals surface area contributed by atoms with E-state index in [2.05, 4.69) is 44.7 Å². The van der Waals surface area contributed by atoms with Gasteiger partial charge < -0.3 is 19.5 Å². The van der Waals surface area contributed by atoms with Crippen LogP contribution in [0.2, 0.25) is 0 Å². The van der Waals surface area contributed by atoms with Gasteiger partial charge in [-0.05, 0) is 44.6 Å². The number of phenols is 1. The van der Waals surface area contributed by atoms with Gasteiger partial charge >= 0.3 is 0 Å². The van der Waals surface area contributed by atoms with Gasteiger partial charge in [0.05, 0.1) is 5.52 Å². The highest BCUT2D eigenvalue weighted by atomic mass is 16.3. The average molecular weight is 351 g/mol. The molecule has 2 aromatic heterocycles. The molecule has 0 saturated carbocycles. The Morgan fingerprint density at radius 1 is 1.15 bits per heavy atom. The number of aromatic hydroxyl groups is 1. The summed E-state index contributed by atoms with van der Waals surface area (Å²) in [6.07, 6.45) is 4.39. The lowest BCUT2D eigenvalue weighted by Crippen LogP contribution is -2.45. The van der Waals surface area contributed by atoms with E-state index < -0.39 is 0 Å². The Morgan fingerprint density at radius 3 is 2.73 bits per heavy atom. The third-order valence-corrected chi connectivity index (χ3v) is 5.42. The second-order valence-electron chi connectivity index (χ2n) is 7.25. The highest BCUT2D eigenvalue weighted by molar-refractivity contribution is 5.99. The number of likely N-dealkylation sites (tertiary alicyclic amines) is 1. The van der Waals surface area contributed by atoms with Crippen molar-refractivity contribution in [3.63, 3.8) is 0 Å². The summed E-state index contributed by atoms with van der Waals surface area (Å²) >= 11 is 0. The van der Waals surface area contributed by atoms with Crippen molar-refractivity contribution in [3.05, 3.63) is 36.5 Å². The first kappa shape index (κ1) is 16.8. The van der Waals surface area contributed by atoms with E-state index in [1.807, 2.05) is 31.4 Å². The van der Waals surface area contributed by atoms with Gasteiger partial charge in [0.15, 0.2) is 5.82 Å². The minimum Gasteiger partial charge on any atom is -0.507 e. The maximum atomic E-state index is 10.3.